The molecule has 0 spiro atoms. The van der Waals surface area contributed by atoms with Crippen LogP contribution in [0, 0.1) is 5.92 Å². The van der Waals surface area contributed by atoms with Crippen molar-refractivity contribution in [1.29, 1.82) is 0 Å². The highest BCUT2D eigenvalue weighted by atomic mass is 35.5. The SMILES string of the molecule is CCOCC(C)(C)NC(=O)CC1CCNCC1.Cl. The lowest BCUT2D eigenvalue weighted by Gasteiger charge is -2.28. The zero-order chi connectivity index (χ0) is 12.7. The summed E-state index contributed by atoms with van der Waals surface area (Å²) in [4.78, 5) is 11.9. The Bertz CT molecular complexity index is 241. The molecule has 1 heterocycles. The average molecular weight is 279 g/mol. The van der Waals surface area contributed by atoms with E-state index in [-0.39, 0.29) is 23.9 Å². The molecule has 1 saturated heterocycles. The predicted octanol–water partition coefficient (Wildman–Crippen LogP) is 1.73. The summed E-state index contributed by atoms with van der Waals surface area (Å²) in [6.07, 6.45) is 2.87. The summed E-state index contributed by atoms with van der Waals surface area (Å²) in [6.45, 7) is 9.31. The second-order valence-corrected chi connectivity index (χ2v) is 5.47. The van der Waals surface area contributed by atoms with Gasteiger partial charge in [0.15, 0.2) is 0 Å². The van der Waals surface area contributed by atoms with Crippen LogP contribution in [0.15, 0.2) is 0 Å². The molecule has 1 aliphatic rings. The molecule has 0 radical (unpaired) electrons. The van der Waals surface area contributed by atoms with Crippen molar-refractivity contribution < 1.29 is 9.53 Å². The molecule has 2 N–H and O–H groups in total. The molecule has 1 fully saturated rings. The molecule has 0 bridgehead atoms. The fourth-order valence-electron chi connectivity index (χ4n) is 2.17. The summed E-state index contributed by atoms with van der Waals surface area (Å²) in [5, 5.41) is 6.37. The van der Waals surface area contributed by atoms with Crippen LogP contribution in [0.4, 0.5) is 0 Å². The van der Waals surface area contributed by atoms with Gasteiger partial charge in [0.2, 0.25) is 5.91 Å². The van der Waals surface area contributed by atoms with Crippen LogP contribution >= 0.6 is 12.4 Å². The Balaban J connectivity index is 0.00000289. The van der Waals surface area contributed by atoms with Crippen molar-refractivity contribution in [2.24, 2.45) is 5.92 Å². The Morgan fingerprint density at radius 2 is 2.00 bits per heavy atom. The van der Waals surface area contributed by atoms with Gasteiger partial charge in [-0.1, -0.05) is 0 Å². The number of carbonyl (C=O) groups excluding carboxylic acids is 1. The zero-order valence-electron chi connectivity index (χ0n) is 11.8. The van der Waals surface area contributed by atoms with Gasteiger partial charge in [-0.05, 0) is 52.6 Å². The van der Waals surface area contributed by atoms with Gasteiger partial charge in [0.1, 0.15) is 0 Å². The van der Waals surface area contributed by atoms with Crippen LogP contribution in [0.5, 0.6) is 0 Å². The summed E-state index contributed by atoms with van der Waals surface area (Å²) in [5.41, 5.74) is -0.264. The third kappa shape index (κ3) is 7.19. The molecule has 1 rings (SSSR count). The Labute approximate surface area is 117 Å². The average Bonchev–Trinajstić information content (AvgIpc) is 2.27. The van der Waals surface area contributed by atoms with Crippen molar-refractivity contribution in [2.75, 3.05) is 26.3 Å². The number of rotatable bonds is 6. The molecule has 0 aromatic carbocycles. The third-order valence-electron chi connectivity index (χ3n) is 3.08. The Morgan fingerprint density at radius 1 is 1.39 bits per heavy atom. The lowest BCUT2D eigenvalue weighted by molar-refractivity contribution is -0.124. The Kier molecular flexibility index (Phi) is 8.57. The second kappa shape index (κ2) is 8.73. The molecule has 0 aliphatic carbocycles. The number of piperidine rings is 1. The van der Waals surface area contributed by atoms with E-state index in [1.807, 2.05) is 20.8 Å². The number of ether oxygens (including phenoxy) is 1. The normalized spacial score (nSPS) is 17.1. The number of hydrogen-bond acceptors (Lipinski definition) is 3. The van der Waals surface area contributed by atoms with E-state index >= 15 is 0 Å². The first-order valence-corrected chi connectivity index (χ1v) is 6.63. The topological polar surface area (TPSA) is 50.4 Å². The van der Waals surface area contributed by atoms with Crippen molar-refractivity contribution in [2.45, 2.75) is 45.6 Å². The highest BCUT2D eigenvalue weighted by molar-refractivity contribution is 5.85. The molecule has 0 unspecified atom stereocenters. The highest BCUT2D eigenvalue weighted by Crippen LogP contribution is 2.16. The minimum atomic E-state index is -0.264. The van der Waals surface area contributed by atoms with Crippen LogP contribution in [0.2, 0.25) is 0 Å². The summed E-state index contributed by atoms with van der Waals surface area (Å²) in [6, 6.07) is 0. The predicted molar refractivity (Wildman–Crippen MR) is 76.2 cm³/mol. The molecular weight excluding hydrogens is 252 g/mol. The van der Waals surface area contributed by atoms with Crippen molar-refractivity contribution in [1.82, 2.24) is 10.6 Å². The second-order valence-electron chi connectivity index (χ2n) is 5.47. The summed E-state index contributed by atoms with van der Waals surface area (Å²) < 4.78 is 5.36. The Morgan fingerprint density at radius 3 is 2.56 bits per heavy atom. The van der Waals surface area contributed by atoms with Gasteiger partial charge in [0.25, 0.3) is 0 Å². The van der Waals surface area contributed by atoms with E-state index in [1.54, 1.807) is 0 Å². The minimum absolute atomic E-state index is 0. The van der Waals surface area contributed by atoms with E-state index in [0.717, 1.165) is 25.9 Å². The molecular formula is C13H27ClN2O2. The van der Waals surface area contributed by atoms with Gasteiger partial charge in [-0.25, -0.2) is 0 Å². The number of amides is 1. The highest BCUT2D eigenvalue weighted by Gasteiger charge is 2.23. The first-order chi connectivity index (χ1) is 8.03. The molecule has 4 nitrogen and oxygen atoms in total. The molecule has 0 aromatic heterocycles. The molecule has 5 heteroatoms. The van der Waals surface area contributed by atoms with E-state index in [0.29, 0.717) is 25.6 Å². The van der Waals surface area contributed by atoms with E-state index in [2.05, 4.69) is 10.6 Å². The molecule has 0 aromatic rings. The number of hydrogen-bond donors (Lipinski definition) is 2. The maximum absolute atomic E-state index is 11.9. The van der Waals surface area contributed by atoms with E-state index in [9.17, 15) is 4.79 Å². The maximum atomic E-state index is 11.9. The van der Waals surface area contributed by atoms with Crippen LogP contribution in [-0.2, 0) is 9.53 Å². The standard InChI is InChI=1S/C13H26N2O2.ClH/c1-4-17-10-13(2,3)15-12(16)9-11-5-7-14-8-6-11;/h11,14H,4-10H2,1-3H3,(H,15,16);1H. The van der Waals surface area contributed by atoms with E-state index in [4.69, 9.17) is 4.74 Å². The van der Waals surface area contributed by atoms with Gasteiger partial charge in [-0.2, -0.15) is 0 Å². The van der Waals surface area contributed by atoms with Crippen LogP contribution in [0.25, 0.3) is 0 Å². The third-order valence-corrected chi connectivity index (χ3v) is 3.08. The monoisotopic (exact) mass is 278 g/mol. The van der Waals surface area contributed by atoms with Crippen molar-refractivity contribution in [3.05, 3.63) is 0 Å². The summed E-state index contributed by atoms with van der Waals surface area (Å²) in [5.74, 6) is 0.695. The Hall–Kier alpha value is -0.320. The summed E-state index contributed by atoms with van der Waals surface area (Å²) >= 11 is 0. The van der Waals surface area contributed by atoms with E-state index in [1.165, 1.54) is 0 Å². The minimum Gasteiger partial charge on any atom is -0.379 e. The quantitative estimate of drug-likeness (QED) is 0.778. The van der Waals surface area contributed by atoms with Gasteiger partial charge >= 0.3 is 0 Å². The van der Waals surface area contributed by atoms with Crippen molar-refractivity contribution >= 4 is 18.3 Å². The zero-order valence-corrected chi connectivity index (χ0v) is 12.6. The molecule has 0 atom stereocenters. The number of halogens is 1. The molecule has 18 heavy (non-hydrogen) atoms. The summed E-state index contributed by atoms with van der Waals surface area (Å²) in [7, 11) is 0. The first kappa shape index (κ1) is 17.7. The van der Waals surface area contributed by atoms with Crippen LogP contribution < -0.4 is 10.6 Å². The maximum Gasteiger partial charge on any atom is 0.220 e. The van der Waals surface area contributed by atoms with Crippen LogP contribution in [-0.4, -0.2) is 37.7 Å². The van der Waals surface area contributed by atoms with Gasteiger partial charge in [-0.3, -0.25) is 4.79 Å². The van der Waals surface area contributed by atoms with Crippen LogP contribution in [0.1, 0.15) is 40.0 Å². The molecule has 1 aliphatic heterocycles. The molecule has 0 saturated carbocycles. The molecule has 1 amide bonds. The largest absolute Gasteiger partial charge is 0.379 e. The van der Waals surface area contributed by atoms with Crippen LogP contribution in [0.3, 0.4) is 0 Å². The van der Waals surface area contributed by atoms with Crippen molar-refractivity contribution in [3.63, 3.8) is 0 Å². The van der Waals surface area contributed by atoms with Gasteiger partial charge in [0.05, 0.1) is 12.1 Å². The number of nitrogens with one attached hydrogen (secondary N) is 2. The molecule has 108 valence electrons. The smallest absolute Gasteiger partial charge is 0.220 e. The lowest BCUT2D eigenvalue weighted by Crippen LogP contribution is -2.47. The first-order valence-electron chi connectivity index (χ1n) is 6.63. The lowest BCUT2D eigenvalue weighted by atomic mass is 9.94. The van der Waals surface area contributed by atoms with Gasteiger partial charge in [0, 0.05) is 13.0 Å². The fourth-order valence-corrected chi connectivity index (χ4v) is 2.17. The van der Waals surface area contributed by atoms with Crippen molar-refractivity contribution in [3.8, 4) is 0 Å². The fraction of sp³-hybridized carbons (Fsp3) is 0.923. The van der Waals surface area contributed by atoms with E-state index < -0.39 is 0 Å². The number of carbonyl (C=O) groups is 1. The van der Waals surface area contributed by atoms with Gasteiger partial charge < -0.3 is 15.4 Å². The van der Waals surface area contributed by atoms with Gasteiger partial charge in [-0.15, -0.1) is 12.4 Å².